The van der Waals surface area contributed by atoms with E-state index in [2.05, 4.69) is 16.6 Å². The molecule has 1 heterocycles. The molecule has 0 atom stereocenters. The van der Waals surface area contributed by atoms with Crippen LogP contribution < -0.4 is 5.73 Å². The summed E-state index contributed by atoms with van der Waals surface area (Å²) in [5.41, 5.74) is 6.03. The summed E-state index contributed by atoms with van der Waals surface area (Å²) in [6, 6.07) is 1.81. The molecule has 0 aliphatic heterocycles. The van der Waals surface area contributed by atoms with Crippen LogP contribution >= 0.6 is 11.3 Å². The minimum Gasteiger partial charge on any atom is -0.469 e. The van der Waals surface area contributed by atoms with Gasteiger partial charge in [-0.2, -0.15) is 0 Å². The highest BCUT2D eigenvalue weighted by Crippen LogP contribution is 2.18. The molecule has 0 saturated carbocycles. The Morgan fingerprint density at radius 1 is 1.50 bits per heavy atom. The van der Waals surface area contributed by atoms with Crippen molar-refractivity contribution in [2.45, 2.75) is 12.8 Å². The van der Waals surface area contributed by atoms with Crippen molar-refractivity contribution in [3.05, 3.63) is 21.9 Å². The van der Waals surface area contributed by atoms with E-state index in [1.807, 2.05) is 11.4 Å². The maximum atomic E-state index is 12.3. The molecule has 0 unspecified atom stereocenters. The zero-order valence-electron chi connectivity index (χ0n) is 11.6. The number of esters is 1. The van der Waals surface area contributed by atoms with E-state index < -0.39 is 0 Å². The normalized spacial score (nSPS) is 9.55. The SMILES string of the molecule is COC(=O)CCCN(C)C(=O)c1sccc1C#CCN. The van der Waals surface area contributed by atoms with Crippen molar-refractivity contribution in [1.29, 1.82) is 0 Å². The van der Waals surface area contributed by atoms with Crippen LogP contribution in [0.2, 0.25) is 0 Å². The van der Waals surface area contributed by atoms with E-state index in [-0.39, 0.29) is 18.4 Å². The minimum absolute atomic E-state index is 0.0915. The number of carbonyl (C=O) groups is 2. The molecule has 0 saturated heterocycles. The monoisotopic (exact) mass is 294 g/mol. The molecule has 1 aromatic rings. The van der Waals surface area contributed by atoms with Gasteiger partial charge < -0.3 is 15.4 Å². The lowest BCUT2D eigenvalue weighted by Gasteiger charge is -2.16. The predicted molar refractivity (Wildman–Crippen MR) is 78.5 cm³/mol. The van der Waals surface area contributed by atoms with Crippen LogP contribution in [-0.2, 0) is 9.53 Å². The number of methoxy groups -OCH3 is 1. The van der Waals surface area contributed by atoms with Crippen LogP contribution in [0, 0.1) is 11.8 Å². The molecule has 2 N–H and O–H groups in total. The summed E-state index contributed by atoms with van der Waals surface area (Å²) in [5.74, 6) is 5.27. The van der Waals surface area contributed by atoms with Crippen LogP contribution in [0.15, 0.2) is 11.4 Å². The Bertz CT molecular complexity index is 528. The summed E-state index contributed by atoms with van der Waals surface area (Å²) >= 11 is 1.35. The van der Waals surface area contributed by atoms with Gasteiger partial charge in [0.1, 0.15) is 4.88 Å². The van der Waals surface area contributed by atoms with E-state index in [4.69, 9.17) is 5.73 Å². The highest BCUT2D eigenvalue weighted by Gasteiger charge is 2.16. The van der Waals surface area contributed by atoms with E-state index in [0.29, 0.717) is 29.8 Å². The zero-order valence-corrected chi connectivity index (χ0v) is 12.5. The number of carbonyl (C=O) groups excluding carboxylic acids is 2. The van der Waals surface area contributed by atoms with Crippen molar-refractivity contribution in [2.24, 2.45) is 5.73 Å². The van der Waals surface area contributed by atoms with Crippen LogP contribution in [-0.4, -0.2) is 44.0 Å². The van der Waals surface area contributed by atoms with Gasteiger partial charge in [-0.1, -0.05) is 11.8 Å². The van der Waals surface area contributed by atoms with Crippen molar-refractivity contribution in [1.82, 2.24) is 4.90 Å². The minimum atomic E-state index is -0.267. The van der Waals surface area contributed by atoms with Gasteiger partial charge >= 0.3 is 5.97 Å². The number of nitrogens with zero attached hydrogens (tertiary/aromatic N) is 1. The molecule has 5 nitrogen and oxygen atoms in total. The molecule has 1 aromatic heterocycles. The molecular formula is C14H18N2O3S. The van der Waals surface area contributed by atoms with Gasteiger partial charge in [-0.3, -0.25) is 9.59 Å². The highest BCUT2D eigenvalue weighted by atomic mass is 32.1. The number of rotatable bonds is 5. The fraction of sp³-hybridized carbons (Fsp3) is 0.429. The average Bonchev–Trinajstić information content (AvgIpc) is 2.92. The molecule has 0 aromatic carbocycles. The number of hydrogen-bond acceptors (Lipinski definition) is 5. The number of amides is 1. The van der Waals surface area contributed by atoms with Gasteiger partial charge in [0.2, 0.25) is 0 Å². The second kappa shape index (κ2) is 8.35. The molecular weight excluding hydrogens is 276 g/mol. The van der Waals surface area contributed by atoms with Crippen molar-refractivity contribution < 1.29 is 14.3 Å². The lowest BCUT2D eigenvalue weighted by molar-refractivity contribution is -0.140. The third-order valence-electron chi connectivity index (χ3n) is 2.63. The Hall–Kier alpha value is -1.84. The first-order valence-corrected chi connectivity index (χ1v) is 7.06. The van der Waals surface area contributed by atoms with Crippen LogP contribution in [0.5, 0.6) is 0 Å². The predicted octanol–water partition coefficient (Wildman–Crippen LogP) is 1.08. The second-order valence-corrected chi connectivity index (χ2v) is 4.99. The number of ether oxygens (including phenoxy) is 1. The molecule has 0 radical (unpaired) electrons. The largest absolute Gasteiger partial charge is 0.469 e. The third-order valence-corrected chi connectivity index (χ3v) is 3.54. The lowest BCUT2D eigenvalue weighted by atomic mass is 10.2. The molecule has 0 spiro atoms. The maximum absolute atomic E-state index is 12.3. The quantitative estimate of drug-likeness (QED) is 0.651. The van der Waals surface area contributed by atoms with Crippen molar-refractivity contribution >= 4 is 23.2 Å². The molecule has 0 fully saturated rings. The van der Waals surface area contributed by atoms with Crippen molar-refractivity contribution in [2.75, 3.05) is 27.2 Å². The molecule has 108 valence electrons. The molecule has 0 aliphatic carbocycles. The van der Waals surface area contributed by atoms with E-state index in [9.17, 15) is 9.59 Å². The van der Waals surface area contributed by atoms with E-state index in [1.165, 1.54) is 18.4 Å². The van der Waals surface area contributed by atoms with Crippen LogP contribution in [0.3, 0.4) is 0 Å². The van der Waals surface area contributed by atoms with Crippen molar-refractivity contribution in [3.8, 4) is 11.8 Å². The molecule has 0 aliphatic rings. The van der Waals surface area contributed by atoms with Gasteiger partial charge in [0.05, 0.1) is 13.7 Å². The summed E-state index contributed by atoms with van der Waals surface area (Å²) in [6.07, 6.45) is 0.877. The standard InChI is InChI=1S/C14H18N2O3S/c1-16(9-4-6-12(17)19-2)14(18)13-11(5-3-8-15)7-10-20-13/h7,10H,4,6,8-9,15H2,1-2H3. The third kappa shape index (κ3) is 4.68. The Morgan fingerprint density at radius 2 is 2.25 bits per heavy atom. The lowest BCUT2D eigenvalue weighted by Crippen LogP contribution is -2.28. The van der Waals surface area contributed by atoms with Crippen LogP contribution in [0.4, 0.5) is 0 Å². The van der Waals surface area contributed by atoms with Gasteiger partial charge in [-0.05, 0) is 17.9 Å². The average molecular weight is 294 g/mol. The van der Waals surface area contributed by atoms with Gasteiger partial charge in [0.25, 0.3) is 5.91 Å². The Labute approximate surface area is 122 Å². The van der Waals surface area contributed by atoms with Crippen molar-refractivity contribution in [3.63, 3.8) is 0 Å². The summed E-state index contributed by atoms with van der Waals surface area (Å²) in [6.45, 7) is 0.758. The highest BCUT2D eigenvalue weighted by molar-refractivity contribution is 7.12. The van der Waals surface area contributed by atoms with E-state index >= 15 is 0 Å². The summed E-state index contributed by atoms with van der Waals surface area (Å²) in [4.78, 5) is 25.5. The summed E-state index contributed by atoms with van der Waals surface area (Å²) in [7, 11) is 3.06. The van der Waals surface area contributed by atoms with Gasteiger partial charge in [0.15, 0.2) is 0 Å². The molecule has 6 heteroatoms. The number of thiophene rings is 1. The van der Waals surface area contributed by atoms with Gasteiger partial charge in [-0.25, -0.2) is 0 Å². The molecule has 1 amide bonds. The maximum Gasteiger partial charge on any atom is 0.305 e. The van der Waals surface area contributed by atoms with E-state index in [0.717, 1.165) is 0 Å². The topological polar surface area (TPSA) is 72.6 Å². The summed E-state index contributed by atoms with van der Waals surface area (Å²) in [5, 5.41) is 1.83. The van der Waals surface area contributed by atoms with Crippen LogP contribution in [0.25, 0.3) is 0 Å². The van der Waals surface area contributed by atoms with E-state index in [1.54, 1.807) is 11.9 Å². The number of nitrogens with two attached hydrogens (primary N) is 1. The Balaban J connectivity index is 2.61. The molecule has 0 bridgehead atoms. The Kier molecular flexibility index (Phi) is 6.77. The Morgan fingerprint density at radius 3 is 2.90 bits per heavy atom. The molecule has 1 rings (SSSR count). The smallest absolute Gasteiger partial charge is 0.305 e. The number of hydrogen-bond donors (Lipinski definition) is 1. The van der Waals surface area contributed by atoms with Gasteiger partial charge in [0, 0.05) is 25.6 Å². The summed E-state index contributed by atoms with van der Waals surface area (Å²) < 4.78 is 4.56. The van der Waals surface area contributed by atoms with Gasteiger partial charge in [-0.15, -0.1) is 11.3 Å². The first-order chi connectivity index (χ1) is 9.60. The second-order valence-electron chi connectivity index (χ2n) is 4.08. The fourth-order valence-corrected chi connectivity index (χ4v) is 2.40. The zero-order chi connectivity index (χ0) is 15.0. The fourth-order valence-electron chi connectivity index (χ4n) is 1.56. The first kappa shape index (κ1) is 16.2. The molecule has 20 heavy (non-hydrogen) atoms. The first-order valence-electron chi connectivity index (χ1n) is 6.18. The van der Waals surface area contributed by atoms with Crippen LogP contribution in [0.1, 0.15) is 28.1 Å².